The quantitative estimate of drug-likeness (QED) is 0.504. The first-order valence-corrected chi connectivity index (χ1v) is 4.55. The summed E-state index contributed by atoms with van der Waals surface area (Å²) < 4.78 is 0. The van der Waals surface area contributed by atoms with Crippen LogP contribution >= 0.6 is 0 Å². The lowest BCUT2D eigenvalue weighted by molar-refractivity contribution is -0.125. The third-order valence-corrected chi connectivity index (χ3v) is 2.00. The molecule has 0 aliphatic heterocycles. The number of nitrogens with one attached hydrogen (secondary N) is 1. The first-order valence-electron chi connectivity index (χ1n) is 4.55. The zero-order chi connectivity index (χ0) is 12.1. The summed E-state index contributed by atoms with van der Waals surface area (Å²) >= 11 is 0. The average Bonchev–Trinajstić information content (AvgIpc) is 2.25. The van der Waals surface area contributed by atoms with Gasteiger partial charge >= 0.3 is 0 Å². The number of hydrogen-bond donors (Lipinski definition) is 4. The summed E-state index contributed by atoms with van der Waals surface area (Å²) in [5.41, 5.74) is 11.8. The van der Waals surface area contributed by atoms with Crippen LogP contribution in [-0.2, 0) is 4.79 Å². The van der Waals surface area contributed by atoms with Crippen LogP contribution in [0, 0.1) is 11.3 Å². The van der Waals surface area contributed by atoms with Gasteiger partial charge in [-0.2, -0.15) is 5.26 Å². The third-order valence-electron chi connectivity index (χ3n) is 2.00. The molecule has 6 N–H and O–H groups in total. The summed E-state index contributed by atoms with van der Waals surface area (Å²) in [5.74, 6) is -0.797. The molecule has 0 radical (unpaired) electrons. The van der Waals surface area contributed by atoms with E-state index in [1.165, 1.54) is 0 Å². The van der Waals surface area contributed by atoms with Crippen LogP contribution in [0.25, 0.3) is 0 Å². The van der Waals surface area contributed by atoms with Gasteiger partial charge in [0.15, 0.2) is 0 Å². The highest BCUT2D eigenvalue weighted by molar-refractivity contribution is 5.79. The minimum absolute atomic E-state index is 0.000668. The Kier molecular flexibility index (Phi) is 3.69. The summed E-state index contributed by atoms with van der Waals surface area (Å²) in [6, 6.07) is 6.65. The Hall–Kier alpha value is -2.26. The van der Waals surface area contributed by atoms with Crippen molar-refractivity contribution >= 4 is 17.3 Å². The van der Waals surface area contributed by atoms with Gasteiger partial charge in [0, 0.05) is 12.2 Å². The topological polar surface area (TPSA) is 125 Å². The van der Waals surface area contributed by atoms with Gasteiger partial charge in [-0.15, -0.1) is 0 Å². The molecule has 84 valence electrons. The number of carbonyl (C=O) groups is 1. The summed E-state index contributed by atoms with van der Waals surface area (Å²) in [6.07, 6.45) is -1.25. The van der Waals surface area contributed by atoms with Crippen molar-refractivity contribution < 1.29 is 9.90 Å². The molecule has 0 bridgehead atoms. The van der Waals surface area contributed by atoms with E-state index in [0.717, 1.165) is 0 Å². The molecule has 0 heterocycles. The molecule has 0 aliphatic carbocycles. The molecule has 1 aromatic rings. The van der Waals surface area contributed by atoms with E-state index in [1.54, 1.807) is 18.2 Å². The molecule has 0 aromatic heterocycles. The number of nitrogens with two attached hydrogens (primary N) is 2. The molecule has 1 unspecified atom stereocenters. The summed E-state index contributed by atoms with van der Waals surface area (Å²) in [4.78, 5) is 10.6. The third kappa shape index (κ3) is 2.87. The van der Waals surface area contributed by atoms with Gasteiger partial charge in [-0.1, -0.05) is 0 Å². The van der Waals surface area contributed by atoms with Crippen molar-refractivity contribution in [3.63, 3.8) is 0 Å². The van der Waals surface area contributed by atoms with E-state index >= 15 is 0 Å². The molecule has 1 aromatic carbocycles. The van der Waals surface area contributed by atoms with E-state index in [-0.39, 0.29) is 6.54 Å². The van der Waals surface area contributed by atoms with Gasteiger partial charge < -0.3 is 21.9 Å². The Balaban J connectivity index is 2.66. The van der Waals surface area contributed by atoms with Crippen molar-refractivity contribution in [1.29, 1.82) is 5.26 Å². The van der Waals surface area contributed by atoms with Crippen molar-refractivity contribution in [1.82, 2.24) is 0 Å². The number of nitriles is 1. The normalized spacial score (nSPS) is 11.5. The second-order valence-electron chi connectivity index (χ2n) is 3.21. The van der Waals surface area contributed by atoms with E-state index in [9.17, 15) is 4.79 Å². The molecule has 6 nitrogen and oxygen atoms in total. The van der Waals surface area contributed by atoms with Gasteiger partial charge in [0.05, 0.1) is 11.3 Å². The van der Waals surface area contributed by atoms with Crippen molar-refractivity contribution in [2.75, 3.05) is 17.6 Å². The number of primary amides is 1. The van der Waals surface area contributed by atoms with Crippen molar-refractivity contribution in [2.24, 2.45) is 5.73 Å². The van der Waals surface area contributed by atoms with E-state index < -0.39 is 12.0 Å². The average molecular weight is 220 g/mol. The fourth-order valence-electron chi connectivity index (χ4n) is 1.09. The van der Waals surface area contributed by atoms with Crippen molar-refractivity contribution in [3.8, 4) is 6.07 Å². The van der Waals surface area contributed by atoms with Crippen LogP contribution in [0.2, 0.25) is 0 Å². The number of nitrogens with zero attached hydrogens (tertiary/aromatic N) is 1. The number of benzene rings is 1. The Bertz CT molecular complexity index is 439. The van der Waals surface area contributed by atoms with Crippen molar-refractivity contribution in [3.05, 3.63) is 23.8 Å². The van der Waals surface area contributed by atoms with Crippen LogP contribution in [0.4, 0.5) is 11.4 Å². The summed E-state index contributed by atoms with van der Waals surface area (Å²) in [5, 5.41) is 20.6. The number of aliphatic hydroxyl groups is 1. The Morgan fingerprint density at radius 2 is 2.31 bits per heavy atom. The van der Waals surface area contributed by atoms with Crippen LogP contribution in [0.3, 0.4) is 0 Å². The maximum atomic E-state index is 10.6. The van der Waals surface area contributed by atoms with Crippen LogP contribution < -0.4 is 16.8 Å². The molecule has 1 atom stereocenters. The molecular weight excluding hydrogens is 208 g/mol. The molecule has 0 spiro atoms. The highest BCUT2D eigenvalue weighted by atomic mass is 16.3. The van der Waals surface area contributed by atoms with Crippen LogP contribution in [-0.4, -0.2) is 23.7 Å². The minimum Gasteiger partial charge on any atom is -0.398 e. The highest BCUT2D eigenvalue weighted by Gasteiger charge is 2.10. The largest absolute Gasteiger partial charge is 0.398 e. The molecule has 1 rings (SSSR count). The predicted octanol–water partition coefficient (Wildman–Crippen LogP) is -0.601. The smallest absolute Gasteiger partial charge is 0.248 e. The Labute approximate surface area is 92.5 Å². The van der Waals surface area contributed by atoms with Crippen molar-refractivity contribution in [2.45, 2.75) is 6.10 Å². The van der Waals surface area contributed by atoms with Crippen LogP contribution in [0.15, 0.2) is 18.2 Å². The number of hydrogen-bond acceptors (Lipinski definition) is 5. The van der Waals surface area contributed by atoms with E-state index in [0.29, 0.717) is 16.9 Å². The van der Waals surface area contributed by atoms with Gasteiger partial charge in [-0.05, 0) is 18.2 Å². The lowest BCUT2D eigenvalue weighted by Crippen LogP contribution is -2.34. The Morgan fingerprint density at radius 1 is 1.62 bits per heavy atom. The molecule has 0 fully saturated rings. The molecular formula is C10H12N4O2. The molecule has 0 saturated carbocycles. The molecule has 1 amide bonds. The first-order chi connectivity index (χ1) is 7.54. The number of aliphatic hydroxyl groups excluding tert-OH is 1. The van der Waals surface area contributed by atoms with Gasteiger partial charge in [-0.25, -0.2) is 0 Å². The van der Waals surface area contributed by atoms with Gasteiger partial charge in [0.25, 0.3) is 0 Å². The zero-order valence-corrected chi connectivity index (χ0v) is 8.47. The fourth-order valence-corrected chi connectivity index (χ4v) is 1.09. The number of rotatable bonds is 4. The Morgan fingerprint density at radius 3 is 2.81 bits per heavy atom. The second kappa shape index (κ2) is 5.00. The number of amides is 1. The van der Waals surface area contributed by atoms with Gasteiger partial charge in [0.2, 0.25) is 5.91 Å². The van der Waals surface area contributed by atoms with E-state index in [2.05, 4.69) is 5.32 Å². The number of nitrogen functional groups attached to an aromatic ring is 1. The molecule has 0 saturated heterocycles. The van der Waals surface area contributed by atoms with E-state index in [1.807, 2.05) is 6.07 Å². The maximum Gasteiger partial charge on any atom is 0.248 e. The summed E-state index contributed by atoms with van der Waals surface area (Å²) in [7, 11) is 0. The van der Waals surface area contributed by atoms with Gasteiger partial charge in [-0.3, -0.25) is 4.79 Å². The predicted molar refractivity (Wildman–Crippen MR) is 59.3 cm³/mol. The lowest BCUT2D eigenvalue weighted by Gasteiger charge is -2.10. The number of carbonyl (C=O) groups excluding carboxylic acids is 1. The fraction of sp³-hybridized carbons (Fsp3) is 0.200. The molecule has 6 heteroatoms. The van der Waals surface area contributed by atoms with Crippen LogP contribution in [0.1, 0.15) is 5.56 Å². The monoisotopic (exact) mass is 220 g/mol. The second-order valence-corrected chi connectivity index (χ2v) is 3.21. The zero-order valence-electron chi connectivity index (χ0n) is 8.47. The number of anilines is 2. The minimum atomic E-state index is -1.25. The van der Waals surface area contributed by atoms with Gasteiger partial charge in [0.1, 0.15) is 12.2 Å². The first kappa shape index (κ1) is 11.8. The van der Waals surface area contributed by atoms with Crippen LogP contribution in [0.5, 0.6) is 0 Å². The maximum absolute atomic E-state index is 10.6. The molecule has 16 heavy (non-hydrogen) atoms. The highest BCUT2D eigenvalue weighted by Crippen LogP contribution is 2.16. The SMILES string of the molecule is N#Cc1ccc(NCC(O)C(N)=O)cc1N. The summed E-state index contributed by atoms with van der Waals surface area (Å²) in [6.45, 7) is 0.000668. The molecule has 0 aliphatic rings. The van der Waals surface area contributed by atoms with E-state index in [4.69, 9.17) is 21.8 Å². The standard InChI is InChI=1S/C10H12N4O2/c11-4-6-1-2-7(3-8(6)12)14-5-9(15)10(13)16/h1-3,9,14-15H,5,12H2,(H2,13,16). The lowest BCUT2D eigenvalue weighted by atomic mass is 10.2.